The first-order valence-corrected chi connectivity index (χ1v) is 10.3. The Hall–Kier alpha value is -2.30. The summed E-state index contributed by atoms with van der Waals surface area (Å²) in [6.07, 6.45) is 0.880. The molecule has 0 aliphatic carbocycles. The maximum atomic E-state index is 12.5. The highest BCUT2D eigenvalue weighted by Crippen LogP contribution is 2.34. The Morgan fingerprint density at radius 1 is 1.16 bits per heavy atom. The zero-order chi connectivity index (χ0) is 17.9. The minimum Gasteiger partial charge on any atom is -0.319 e. The Morgan fingerprint density at radius 2 is 1.88 bits per heavy atom. The topological polar surface area (TPSA) is 73.5 Å². The van der Waals surface area contributed by atoms with Crippen molar-refractivity contribution in [3.63, 3.8) is 0 Å². The molecule has 1 heterocycles. The summed E-state index contributed by atoms with van der Waals surface area (Å²) < 4.78 is 29.0. The molecule has 0 aromatic heterocycles. The lowest BCUT2D eigenvalue weighted by molar-refractivity contribution is 0.597. The third kappa shape index (κ3) is 3.70. The SMILES string of the molecule is CCCN1C(SCc2ccc(C#N)cc2)=NS(=O)(=O)c2ccccc21. The van der Waals surface area contributed by atoms with Crippen molar-refractivity contribution < 1.29 is 8.42 Å². The van der Waals surface area contributed by atoms with Crippen LogP contribution in [0.4, 0.5) is 5.69 Å². The lowest BCUT2D eigenvalue weighted by Gasteiger charge is -2.30. The number of hydrogen-bond donors (Lipinski definition) is 0. The van der Waals surface area contributed by atoms with Crippen molar-refractivity contribution in [2.24, 2.45) is 4.40 Å². The Morgan fingerprint density at radius 3 is 2.56 bits per heavy atom. The molecule has 0 radical (unpaired) electrons. The number of hydrogen-bond acceptors (Lipinski definition) is 5. The molecule has 7 heteroatoms. The minimum absolute atomic E-state index is 0.256. The van der Waals surface area contributed by atoms with E-state index in [9.17, 15) is 8.42 Å². The van der Waals surface area contributed by atoms with E-state index in [1.807, 2.05) is 29.2 Å². The second-order valence-electron chi connectivity index (χ2n) is 5.57. The summed E-state index contributed by atoms with van der Waals surface area (Å²) in [7, 11) is -3.68. The van der Waals surface area contributed by atoms with Gasteiger partial charge in [0.05, 0.1) is 17.3 Å². The highest BCUT2D eigenvalue weighted by molar-refractivity contribution is 8.14. The number of thioether (sulfide) groups is 1. The predicted octanol–water partition coefficient (Wildman–Crippen LogP) is 3.77. The van der Waals surface area contributed by atoms with E-state index in [2.05, 4.69) is 17.4 Å². The molecule has 0 saturated heterocycles. The number of fused-ring (bicyclic) bond motifs is 1. The maximum Gasteiger partial charge on any atom is 0.286 e. The van der Waals surface area contributed by atoms with Crippen molar-refractivity contribution in [1.29, 1.82) is 5.26 Å². The van der Waals surface area contributed by atoms with E-state index in [-0.39, 0.29) is 4.90 Å². The molecule has 0 atom stereocenters. The molecule has 5 nitrogen and oxygen atoms in total. The fourth-order valence-electron chi connectivity index (χ4n) is 2.57. The van der Waals surface area contributed by atoms with Crippen LogP contribution in [0.3, 0.4) is 0 Å². The molecule has 0 saturated carbocycles. The molecule has 1 aliphatic rings. The number of sulfonamides is 1. The smallest absolute Gasteiger partial charge is 0.286 e. The molecule has 3 rings (SSSR count). The first kappa shape index (κ1) is 17.5. The van der Waals surface area contributed by atoms with E-state index in [1.54, 1.807) is 24.3 Å². The number of nitriles is 1. The van der Waals surface area contributed by atoms with Gasteiger partial charge in [0, 0.05) is 12.3 Å². The molecular formula is C18H17N3O2S2. The van der Waals surface area contributed by atoms with Crippen LogP contribution in [-0.4, -0.2) is 20.1 Å². The summed E-state index contributed by atoms with van der Waals surface area (Å²) in [6.45, 7) is 2.75. The zero-order valence-electron chi connectivity index (χ0n) is 13.7. The van der Waals surface area contributed by atoms with Crippen LogP contribution in [0.5, 0.6) is 0 Å². The van der Waals surface area contributed by atoms with Gasteiger partial charge in [-0.25, -0.2) is 0 Å². The van der Waals surface area contributed by atoms with Crippen LogP contribution in [0, 0.1) is 11.3 Å². The number of para-hydroxylation sites is 1. The minimum atomic E-state index is -3.68. The Balaban J connectivity index is 1.88. The summed E-state index contributed by atoms with van der Waals surface area (Å²) in [5, 5.41) is 9.35. The van der Waals surface area contributed by atoms with E-state index >= 15 is 0 Å². The van der Waals surface area contributed by atoms with Crippen LogP contribution in [0.25, 0.3) is 0 Å². The van der Waals surface area contributed by atoms with Gasteiger partial charge in [0.1, 0.15) is 4.90 Å². The molecule has 0 N–H and O–H groups in total. The first-order chi connectivity index (χ1) is 12.0. The van der Waals surface area contributed by atoms with Crippen LogP contribution in [-0.2, 0) is 15.8 Å². The Labute approximate surface area is 152 Å². The Bertz CT molecular complexity index is 945. The van der Waals surface area contributed by atoms with Crippen LogP contribution < -0.4 is 4.90 Å². The molecular weight excluding hydrogens is 354 g/mol. The normalized spacial score (nSPS) is 15.2. The zero-order valence-corrected chi connectivity index (χ0v) is 15.3. The molecule has 128 valence electrons. The lowest BCUT2D eigenvalue weighted by atomic mass is 10.2. The van der Waals surface area contributed by atoms with Gasteiger partial charge in [-0.15, -0.1) is 4.40 Å². The summed E-state index contributed by atoms with van der Waals surface area (Å²) in [5.41, 5.74) is 2.30. The van der Waals surface area contributed by atoms with Crippen molar-refractivity contribution in [2.75, 3.05) is 11.4 Å². The molecule has 0 bridgehead atoms. The van der Waals surface area contributed by atoms with Crippen LogP contribution >= 0.6 is 11.8 Å². The van der Waals surface area contributed by atoms with Gasteiger partial charge < -0.3 is 4.90 Å². The van der Waals surface area contributed by atoms with Gasteiger partial charge in [-0.1, -0.05) is 43.0 Å². The number of rotatable bonds is 4. The standard InChI is InChI=1S/C18H17N3O2S2/c1-2-11-21-16-5-3-4-6-17(16)25(22,23)20-18(21)24-13-15-9-7-14(12-19)8-10-15/h3-10H,2,11,13H2,1H3. The van der Waals surface area contributed by atoms with Gasteiger partial charge in [0.2, 0.25) is 0 Å². The van der Waals surface area contributed by atoms with E-state index in [0.29, 0.717) is 28.7 Å². The highest BCUT2D eigenvalue weighted by Gasteiger charge is 2.30. The van der Waals surface area contributed by atoms with Gasteiger partial charge in [-0.05, 0) is 36.2 Å². The molecule has 0 fully saturated rings. The van der Waals surface area contributed by atoms with Gasteiger partial charge >= 0.3 is 0 Å². The number of benzene rings is 2. The summed E-state index contributed by atoms with van der Waals surface area (Å²) in [6, 6.07) is 16.3. The largest absolute Gasteiger partial charge is 0.319 e. The lowest BCUT2D eigenvalue weighted by Crippen LogP contribution is -2.34. The number of amidine groups is 1. The van der Waals surface area contributed by atoms with Crippen molar-refractivity contribution in [2.45, 2.75) is 24.0 Å². The third-order valence-electron chi connectivity index (χ3n) is 3.76. The second-order valence-corrected chi connectivity index (χ2v) is 8.08. The summed E-state index contributed by atoms with van der Waals surface area (Å²) in [4.78, 5) is 2.22. The average Bonchev–Trinajstić information content (AvgIpc) is 2.63. The molecule has 2 aromatic carbocycles. The van der Waals surface area contributed by atoms with Gasteiger partial charge in [0.15, 0.2) is 5.17 Å². The first-order valence-electron chi connectivity index (χ1n) is 7.88. The van der Waals surface area contributed by atoms with Crippen molar-refractivity contribution in [3.05, 3.63) is 59.7 Å². The molecule has 0 unspecified atom stereocenters. The van der Waals surface area contributed by atoms with Gasteiger partial charge in [0.25, 0.3) is 10.0 Å². The van der Waals surface area contributed by atoms with Gasteiger partial charge in [-0.3, -0.25) is 0 Å². The fourth-order valence-corrected chi connectivity index (χ4v) is 5.00. The Kier molecular flexibility index (Phi) is 5.11. The van der Waals surface area contributed by atoms with Crippen LogP contribution in [0.15, 0.2) is 57.8 Å². The third-order valence-corrected chi connectivity index (χ3v) is 6.24. The van der Waals surface area contributed by atoms with Crippen LogP contribution in [0.2, 0.25) is 0 Å². The fraction of sp³-hybridized carbons (Fsp3) is 0.222. The second kappa shape index (κ2) is 7.30. The molecule has 1 aliphatic heterocycles. The molecule has 25 heavy (non-hydrogen) atoms. The quantitative estimate of drug-likeness (QED) is 0.818. The van der Waals surface area contributed by atoms with Crippen molar-refractivity contribution >= 4 is 32.6 Å². The average molecular weight is 371 g/mol. The van der Waals surface area contributed by atoms with Gasteiger partial charge in [-0.2, -0.15) is 13.7 Å². The molecule has 0 spiro atoms. The number of anilines is 1. The number of nitrogens with zero attached hydrogens (tertiary/aromatic N) is 3. The van der Waals surface area contributed by atoms with E-state index in [0.717, 1.165) is 12.0 Å². The molecule has 2 aromatic rings. The predicted molar refractivity (Wildman–Crippen MR) is 101 cm³/mol. The molecule has 0 amide bonds. The van der Waals surface area contributed by atoms with Crippen molar-refractivity contribution in [3.8, 4) is 6.07 Å². The summed E-state index contributed by atoms with van der Waals surface area (Å²) in [5.74, 6) is 0.586. The van der Waals surface area contributed by atoms with E-state index in [1.165, 1.54) is 11.8 Å². The maximum absolute atomic E-state index is 12.5. The van der Waals surface area contributed by atoms with Crippen molar-refractivity contribution in [1.82, 2.24) is 0 Å². The highest BCUT2D eigenvalue weighted by atomic mass is 32.2. The monoisotopic (exact) mass is 371 g/mol. The van der Waals surface area contributed by atoms with E-state index < -0.39 is 10.0 Å². The van der Waals surface area contributed by atoms with E-state index in [4.69, 9.17) is 5.26 Å². The summed E-state index contributed by atoms with van der Waals surface area (Å²) >= 11 is 1.39. The van der Waals surface area contributed by atoms with Crippen LogP contribution in [0.1, 0.15) is 24.5 Å².